The molecule has 1 unspecified atom stereocenters. The number of carbonyl (C=O) groups is 1. The van der Waals surface area contributed by atoms with E-state index in [0.717, 1.165) is 4.90 Å². The van der Waals surface area contributed by atoms with Crippen LogP contribution in [0.1, 0.15) is 31.1 Å². The number of nitrogens with two attached hydrogens (primary N) is 1. The van der Waals surface area contributed by atoms with Gasteiger partial charge in [-0.3, -0.25) is 4.79 Å². The van der Waals surface area contributed by atoms with Gasteiger partial charge < -0.3 is 11.1 Å². The quantitative estimate of drug-likeness (QED) is 0.761. The molecule has 1 aromatic rings. The van der Waals surface area contributed by atoms with Crippen molar-refractivity contribution in [2.75, 3.05) is 12.8 Å². The third-order valence-corrected chi connectivity index (χ3v) is 5.10. The zero-order valence-electron chi connectivity index (χ0n) is 12.5. The summed E-state index contributed by atoms with van der Waals surface area (Å²) in [6, 6.07) is 3.31. The molecule has 0 aliphatic rings. The Bertz CT molecular complexity index is 511. The molecular formula is C14H21Cl3N2OS. The first-order valence-electron chi connectivity index (χ1n) is 6.30. The van der Waals surface area contributed by atoms with Crippen molar-refractivity contribution >= 4 is 53.3 Å². The van der Waals surface area contributed by atoms with Crippen molar-refractivity contribution in [3.63, 3.8) is 0 Å². The molecule has 0 bridgehead atoms. The molecule has 0 aromatic heterocycles. The van der Waals surface area contributed by atoms with Crippen LogP contribution in [0.2, 0.25) is 10.0 Å². The summed E-state index contributed by atoms with van der Waals surface area (Å²) < 4.78 is 0. The van der Waals surface area contributed by atoms with E-state index in [-0.39, 0.29) is 24.2 Å². The summed E-state index contributed by atoms with van der Waals surface area (Å²) in [5, 5.41) is 3.86. The van der Waals surface area contributed by atoms with Crippen LogP contribution in [0.3, 0.4) is 0 Å². The van der Waals surface area contributed by atoms with E-state index in [2.05, 4.69) is 5.32 Å². The van der Waals surface area contributed by atoms with Gasteiger partial charge in [0.2, 0.25) is 0 Å². The minimum absolute atomic E-state index is 0. The fraction of sp³-hybridized carbons (Fsp3) is 0.500. The highest BCUT2D eigenvalue weighted by atomic mass is 35.5. The van der Waals surface area contributed by atoms with Crippen molar-refractivity contribution in [3.8, 4) is 0 Å². The van der Waals surface area contributed by atoms with Crippen molar-refractivity contribution in [2.45, 2.75) is 31.2 Å². The number of halogens is 3. The lowest BCUT2D eigenvalue weighted by Crippen LogP contribution is -2.55. The summed E-state index contributed by atoms with van der Waals surface area (Å²) in [4.78, 5) is 13.2. The normalized spacial score (nSPS) is 13.5. The van der Waals surface area contributed by atoms with Crippen molar-refractivity contribution in [1.29, 1.82) is 0 Å². The van der Waals surface area contributed by atoms with Crippen LogP contribution >= 0.6 is 47.4 Å². The number of hydrogen-bond donors (Lipinski definition) is 2. The van der Waals surface area contributed by atoms with Gasteiger partial charge >= 0.3 is 0 Å². The number of rotatable bonds is 5. The Labute approximate surface area is 146 Å². The van der Waals surface area contributed by atoms with Crippen LogP contribution in [0.5, 0.6) is 0 Å². The van der Waals surface area contributed by atoms with Crippen molar-refractivity contribution in [2.24, 2.45) is 11.7 Å². The fourth-order valence-electron chi connectivity index (χ4n) is 1.62. The third-order valence-electron chi connectivity index (χ3n) is 3.58. The van der Waals surface area contributed by atoms with Crippen LogP contribution in [0.15, 0.2) is 17.0 Å². The summed E-state index contributed by atoms with van der Waals surface area (Å²) in [6.07, 6.45) is 1.90. The SMILES string of the molecule is CSc1cc(C(=O)NC(C)(CN)C(C)C)c(Cl)cc1Cl.Cl. The van der Waals surface area contributed by atoms with E-state index in [0.29, 0.717) is 22.2 Å². The van der Waals surface area contributed by atoms with Gasteiger partial charge in [0.05, 0.1) is 21.1 Å². The highest BCUT2D eigenvalue weighted by Crippen LogP contribution is 2.31. The maximum atomic E-state index is 12.4. The van der Waals surface area contributed by atoms with Gasteiger partial charge in [-0.2, -0.15) is 0 Å². The molecule has 0 radical (unpaired) electrons. The van der Waals surface area contributed by atoms with E-state index in [1.165, 1.54) is 11.8 Å². The average Bonchev–Trinajstić information content (AvgIpc) is 2.38. The lowest BCUT2D eigenvalue weighted by Gasteiger charge is -2.33. The number of carbonyl (C=O) groups excluding carboxylic acids is 1. The lowest BCUT2D eigenvalue weighted by atomic mass is 9.88. The molecule has 1 atom stereocenters. The number of hydrogen-bond acceptors (Lipinski definition) is 3. The number of thioether (sulfide) groups is 1. The number of nitrogens with one attached hydrogen (secondary N) is 1. The van der Waals surface area contributed by atoms with E-state index in [4.69, 9.17) is 28.9 Å². The molecule has 0 saturated carbocycles. The molecule has 120 valence electrons. The second-order valence-electron chi connectivity index (χ2n) is 5.20. The van der Waals surface area contributed by atoms with E-state index < -0.39 is 5.54 Å². The van der Waals surface area contributed by atoms with Gasteiger partial charge in [0, 0.05) is 11.4 Å². The Morgan fingerprint density at radius 1 is 1.38 bits per heavy atom. The zero-order valence-corrected chi connectivity index (χ0v) is 15.6. The van der Waals surface area contributed by atoms with Crippen LogP contribution < -0.4 is 11.1 Å². The second-order valence-corrected chi connectivity index (χ2v) is 6.86. The predicted molar refractivity (Wildman–Crippen MR) is 95.3 cm³/mol. The lowest BCUT2D eigenvalue weighted by molar-refractivity contribution is 0.0883. The van der Waals surface area contributed by atoms with Gasteiger partial charge in [-0.05, 0) is 31.2 Å². The molecule has 0 aliphatic heterocycles. The van der Waals surface area contributed by atoms with Gasteiger partial charge in [-0.15, -0.1) is 24.2 Å². The molecule has 1 rings (SSSR count). The van der Waals surface area contributed by atoms with Crippen molar-refractivity contribution in [3.05, 3.63) is 27.7 Å². The monoisotopic (exact) mass is 370 g/mol. The van der Waals surface area contributed by atoms with Crippen molar-refractivity contribution in [1.82, 2.24) is 5.32 Å². The third kappa shape index (κ3) is 4.93. The Morgan fingerprint density at radius 2 is 1.95 bits per heavy atom. The Kier molecular flexibility index (Phi) is 8.44. The van der Waals surface area contributed by atoms with Gasteiger partial charge in [0.25, 0.3) is 5.91 Å². The van der Waals surface area contributed by atoms with Crippen LogP contribution in [0.4, 0.5) is 0 Å². The average molecular weight is 372 g/mol. The molecule has 0 heterocycles. The van der Waals surface area contributed by atoms with Crippen LogP contribution in [-0.4, -0.2) is 24.2 Å². The summed E-state index contributed by atoms with van der Waals surface area (Å²) in [5.41, 5.74) is 5.72. The highest BCUT2D eigenvalue weighted by molar-refractivity contribution is 7.98. The van der Waals surface area contributed by atoms with Gasteiger partial charge in [-0.25, -0.2) is 0 Å². The van der Waals surface area contributed by atoms with Crippen molar-refractivity contribution < 1.29 is 4.79 Å². The number of amides is 1. The van der Waals surface area contributed by atoms with Gasteiger partial charge in [0.15, 0.2) is 0 Å². The van der Waals surface area contributed by atoms with Gasteiger partial charge in [0.1, 0.15) is 0 Å². The molecule has 0 fully saturated rings. The highest BCUT2D eigenvalue weighted by Gasteiger charge is 2.29. The van der Waals surface area contributed by atoms with Gasteiger partial charge in [-0.1, -0.05) is 37.0 Å². The summed E-state index contributed by atoms with van der Waals surface area (Å²) in [6.45, 7) is 6.32. The standard InChI is InChI=1S/C14H20Cl2N2OS.ClH/c1-8(2)14(3,7-17)18-13(19)9-5-12(20-4)11(16)6-10(9)15;/h5-6,8H,7,17H2,1-4H3,(H,18,19);1H. The summed E-state index contributed by atoms with van der Waals surface area (Å²) in [5.74, 6) is -0.0221. The molecule has 0 saturated heterocycles. The van der Waals surface area contributed by atoms with E-state index in [1.54, 1.807) is 12.1 Å². The molecule has 0 aliphatic carbocycles. The molecular weight excluding hydrogens is 351 g/mol. The minimum atomic E-state index is -0.473. The van der Waals surface area contributed by atoms with Crippen LogP contribution in [0.25, 0.3) is 0 Å². The van der Waals surface area contributed by atoms with E-state index >= 15 is 0 Å². The molecule has 1 amide bonds. The minimum Gasteiger partial charge on any atom is -0.345 e. The van der Waals surface area contributed by atoms with E-state index in [1.807, 2.05) is 27.0 Å². The van der Waals surface area contributed by atoms with Crippen LogP contribution in [0, 0.1) is 5.92 Å². The van der Waals surface area contributed by atoms with Crippen LogP contribution in [-0.2, 0) is 0 Å². The topological polar surface area (TPSA) is 55.1 Å². The summed E-state index contributed by atoms with van der Waals surface area (Å²) in [7, 11) is 0. The first-order chi connectivity index (χ1) is 9.25. The predicted octanol–water partition coefficient (Wildman–Crippen LogP) is 4.24. The first-order valence-corrected chi connectivity index (χ1v) is 8.29. The van der Waals surface area contributed by atoms with E-state index in [9.17, 15) is 4.79 Å². The molecule has 3 N–H and O–H groups in total. The second kappa shape index (κ2) is 8.49. The largest absolute Gasteiger partial charge is 0.345 e. The Hall–Kier alpha value is -0.130. The first kappa shape index (κ1) is 20.9. The smallest absolute Gasteiger partial charge is 0.253 e. The number of benzene rings is 1. The Balaban J connectivity index is 0.00000400. The maximum Gasteiger partial charge on any atom is 0.253 e. The summed E-state index contributed by atoms with van der Waals surface area (Å²) >= 11 is 13.6. The molecule has 1 aromatic carbocycles. The molecule has 3 nitrogen and oxygen atoms in total. The zero-order chi connectivity index (χ0) is 15.5. The molecule has 7 heteroatoms. The Morgan fingerprint density at radius 3 is 2.38 bits per heavy atom. The molecule has 0 spiro atoms. The maximum absolute atomic E-state index is 12.4. The molecule has 21 heavy (non-hydrogen) atoms. The fourth-order valence-corrected chi connectivity index (χ4v) is 2.81.